The van der Waals surface area contributed by atoms with Crippen LogP contribution in [0.1, 0.15) is 24.2 Å². The highest BCUT2D eigenvalue weighted by molar-refractivity contribution is 7.89. The van der Waals surface area contributed by atoms with Gasteiger partial charge in [0.1, 0.15) is 22.1 Å². The van der Waals surface area contributed by atoms with Gasteiger partial charge in [-0.1, -0.05) is 13.8 Å². The second-order valence-corrected chi connectivity index (χ2v) is 7.88. The number of nitrogens with one attached hydrogen (secondary N) is 1. The predicted octanol–water partition coefficient (Wildman–Crippen LogP) is 3.00. The van der Waals surface area contributed by atoms with E-state index >= 15 is 0 Å². The Bertz CT molecular complexity index is 971. The number of carbonyl (C=O) groups excluding carboxylic acids is 1. The van der Waals surface area contributed by atoms with Crippen LogP contribution in [-0.2, 0) is 10.0 Å². The largest absolute Gasteiger partial charge is 0.497 e. The Morgan fingerprint density at radius 2 is 1.59 bits per heavy atom. The van der Waals surface area contributed by atoms with Crippen molar-refractivity contribution >= 4 is 21.6 Å². The van der Waals surface area contributed by atoms with E-state index in [0.717, 1.165) is 0 Å². The van der Waals surface area contributed by atoms with Crippen LogP contribution in [-0.4, -0.2) is 53.0 Å². The third-order valence-corrected chi connectivity index (χ3v) is 6.48. The molecule has 0 aromatic heterocycles. The summed E-state index contributed by atoms with van der Waals surface area (Å²) in [5, 5.41) is 2.73. The summed E-state index contributed by atoms with van der Waals surface area (Å²) in [6.07, 6.45) is 0. The normalized spacial score (nSPS) is 11.2. The van der Waals surface area contributed by atoms with Crippen molar-refractivity contribution in [3.63, 3.8) is 0 Å². The molecule has 0 aliphatic rings. The monoisotopic (exact) mass is 422 g/mol. The molecule has 2 rings (SSSR count). The van der Waals surface area contributed by atoms with E-state index in [-0.39, 0.29) is 16.2 Å². The lowest BCUT2D eigenvalue weighted by Crippen LogP contribution is -2.31. The molecule has 0 aliphatic heterocycles. The van der Waals surface area contributed by atoms with Crippen molar-refractivity contribution in [1.29, 1.82) is 0 Å². The number of methoxy groups -OCH3 is 3. The van der Waals surface area contributed by atoms with E-state index in [2.05, 4.69) is 5.32 Å². The van der Waals surface area contributed by atoms with E-state index < -0.39 is 15.9 Å². The number of rotatable bonds is 9. The Hall–Kier alpha value is -2.78. The van der Waals surface area contributed by atoms with Gasteiger partial charge in [-0.3, -0.25) is 4.79 Å². The number of anilines is 1. The summed E-state index contributed by atoms with van der Waals surface area (Å²) in [5.74, 6) is 0.696. The Kier molecular flexibility index (Phi) is 7.46. The lowest BCUT2D eigenvalue weighted by Gasteiger charge is -2.20. The van der Waals surface area contributed by atoms with Crippen molar-refractivity contribution in [1.82, 2.24) is 4.31 Å². The topological polar surface area (TPSA) is 94.2 Å². The smallest absolute Gasteiger partial charge is 0.255 e. The minimum Gasteiger partial charge on any atom is -0.497 e. The van der Waals surface area contributed by atoms with Crippen molar-refractivity contribution in [2.75, 3.05) is 39.7 Å². The van der Waals surface area contributed by atoms with Crippen LogP contribution < -0.4 is 19.5 Å². The van der Waals surface area contributed by atoms with Crippen LogP contribution in [0.15, 0.2) is 41.3 Å². The van der Waals surface area contributed by atoms with Gasteiger partial charge in [-0.15, -0.1) is 0 Å². The highest BCUT2D eigenvalue weighted by Crippen LogP contribution is 2.31. The number of sulfonamides is 1. The Labute approximate surface area is 171 Å². The molecule has 158 valence electrons. The number of ether oxygens (including phenoxy) is 3. The zero-order valence-electron chi connectivity index (χ0n) is 17.2. The summed E-state index contributed by atoms with van der Waals surface area (Å²) in [4.78, 5) is 12.7. The molecule has 0 spiro atoms. The number of hydrogen-bond acceptors (Lipinski definition) is 6. The van der Waals surface area contributed by atoms with E-state index in [9.17, 15) is 13.2 Å². The number of hydrogen-bond donors (Lipinski definition) is 1. The Balaban J connectivity index is 2.42. The molecule has 0 heterocycles. The molecule has 0 bridgehead atoms. The number of nitrogens with zero attached hydrogens (tertiary/aromatic N) is 1. The van der Waals surface area contributed by atoms with Gasteiger partial charge >= 0.3 is 0 Å². The van der Waals surface area contributed by atoms with Gasteiger partial charge in [-0.05, 0) is 30.3 Å². The predicted molar refractivity (Wildman–Crippen MR) is 111 cm³/mol. The highest BCUT2D eigenvalue weighted by atomic mass is 32.2. The van der Waals surface area contributed by atoms with Crippen LogP contribution in [0.3, 0.4) is 0 Å². The average molecular weight is 423 g/mol. The molecule has 0 unspecified atom stereocenters. The summed E-state index contributed by atoms with van der Waals surface area (Å²) in [6.45, 7) is 4.11. The minimum absolute atomic E-state index is 0.0574. The molecule has 9 heteroatoms. The molecule has 2 aromatic carbocycles. The molecule has 0 saturated carbocycles. The van der Waals surface area contributed by atoms with Gasteiger partial charge in [0.2, 0.25) is 10.0 Å². The van der Waals surface area contributed by atoms with Gasteiger partial charge in [-0.2, -0.15) is 4.31 Å². The molecule has 1 N–H and O–H groups in total. The van der Waals surface area contributed by atoms with Crippen LogP contribution in [0.4, 0.5) is 5.69 Å². The first-order valence-electron chi connectivity index (χ1n) is 9.03. The quantitative estimate of drug-likeness (QED) is 0.668. The molecule has 29 heavy (non-hydrogen) atoms. The van der Waals surface area contributed by atoms with E-state index in [0.29, 0.717) is 30.3 Å². The summed E-state index contributed by atoms with van der Waals surface area (Å²) >= 11 is 0. The van der Waals surface area contributed by atoms with Gasteiger partial charge in [-0.25, -0.2) is 8.42 Å². The second-order valence-electron chi connectivity index (χ2n) is 5.98. The zero-order valence-corrected chi connectivity index (χ0v) is 18.0. The van der Waals surface area contributed by atoms with Crippen LogP contribution in [0, 0.1) is 0 Å². The van der Waals surface area contributed by atoms with Gasteiger partial charge < -0.3 is 19.5 Å². The molecule has 0 aliphatic carbocycles. The van der Waals surface area contributed by atoms with Crippen LogP contribution in [0.2, 0.25) is 0 Å². The van der Waals surface area contributed by atoms with E-state index in [1.54, 1.807) is 32.0 Å². The van der Waals surface area contributed by atoms with Crippen molar-refractivity contribution in [3.05, 3.63) is 42.0 Å². The lowest BCUT2D eigenvalue weighted by atomic mass is 10.2. The average Bonchev–Trinajstić information content (AvgIpc) is 2.74. The van der Waals surface area contributed by atoms with E-state index in [1.165, 1.54) is 43.8 Å². The highest BCUT2D eigenvalue weighted by Gasteiger charge is 2.27. The first-order chi connectivity index (χ1) is 13.8. The molecule has 0 saturated heterocycles. The number of benzene rings is 2. The van der Waals surface area contributed by atoms with Gasteiger partial charge in [0, 0.05) is 24.7 Å². The molecular weight excluding hydrogens is 396 g/mol. The van der Waals surface area contributed by atoms with Gasteiger partial charge in [0.25, 0.3) is 5.91 Å². The first kappa shape index (κ1) is 22.5. The Morgan fingerprint density at radius 3 is 2.14 bits per heavy atom. The fourth-order valence-electron chi connectivity index (χ4n) is 2.82. The van der Waals surface area contributed by atoms with Crippen molar-refractivity contribution < 1.29 is 27.4 Å². The summed E-state index contributed by atoms with van der Waals surface area (Å²) < 4.78 is 42.9. The minimum atomic E-state index is -3.81. The molecule has 0 radical (unpaired) electrons. The third-order valence-electron chi connectivity index (χ3n) is 4.41. The lowest BCUT2D eigenvalue weighted by molar-refractivity contribution is 0.102. The molecule has 1 amide bonds. The zero-order chi connectivity index (χ0) is 21.6. The summed E-state index contributed by atoms with van der Waals surface area (Å²) in [7, 11) is 0.589. The SMILES string of the molecule is CCN(CC)S(=O)(=O)c1cc(C(=O)Nc2ccc(OC)cc2OC)ccc1OC. The van der Waals surface area contributed by atoms with Crippen molar-refractivity contribution in [2.45, 2.75) is 18.7 Å². The summed E-state index contributed by atoms with van der Waals surface area (Å²) in [5.41, 5.74) is 0.608. The first-order valence-corrected chi connectivity index (χ1v) is 10.5. The molecule has 0 atom stereocenters. The van der Waals surface area contributed by atoms with E-state index in [4.69, 9.17) is 14.2 Å². The number of amides is 1. The van der Waals surface area contributed by atoms with Crippen molar-refractivity contribution in [2.24, 2.45) is 0 Å². The van der Waals surface area contributed by atoms with E-state index in [1.807, 2.05) is 0 Å². The number of carbonyl (C=O) groups is 1. The Morgan fingerprint density at radius 1 is 0.931 bits per heavy atom. The maximum Gasteiger partial charge on any atom is 0.255 e. The third kappa shape index (κ3) is 4.80. The maximum atomic E-state index is 13.0. The fraction of sp³-hybridized carbons (Fsp3) is 0.350. The molecule has 8 nitrogen and oxygen atoms in total. The van der Waals surface area contributed by atoms with Crippen LogP contribution in [0.25, 0.3) is 0 Å². The van der Waals surface area contributed by atoms with Crippen molar-refractivity contribution in [3.8, 4) is 17.2 Å². The maximum absolute atomic E-state index is 13.0. The van der Waals surface area contributed by atoms with Crippen LogP contribution >= 0.6 is 0 Å². The van der Waals surface area contributed by atoms with Crippen LogP contribution in [0.5, 0.6) is 17.2 Å². The molecular formula is C20H26N2O6S. The van der Waals surface area contributed by atoms with Gasteiger partial charge in [0.05, 0.1) is 27.0 Å². The second kappa shape index (κ2) is 9.62. The fourth-order valence-corrected chi connectivity index (χ4v) is 4.46. The standard InChI is InChI=1S/C20H26N2O6S/c1-6-22(7-2)29(24,25)19-12-14(8-11-17(19)27-4)20(23)21-16-10-9-15(26-3)13-18(16)28-5/h8-13H,6-7H2,1-5H3,(H,21,23). The van der Waals surface area contributed by atoms with Gasteiger partial charge in [0.15, 0.2) is 0 Å². The molecule has 2 aromatic rings. The molecule has 0 fully saturated rings. The summed E-state index contributed by atoms with van der Waals surface area (Å²) in [6, 6.07) is 9.26.